The van der Waals surface area contributed by atoms with Crippen LogP contribution >= 0.6 is 0 Å². The van der Waals surface area contributed by atoms with Crippen LogP contribution in [0.15, 0.2) is 18.2 Å². The van der Waals surface area contributed by atoms with Gasteiger partial charge in [0.1, 0.15) is 6.54 Å². The molecule has 22 heavy (non-hydrogen) atoms. The summed E-state index contributed by atoms with van der Waals surface area (Å²) in [6.07, 6.45) is 0. The number of hydrogen-bond donors (Lipinski definition) is 3. The van der Waals surface area contributed by atoms with Crippen molar-refractivity contribution in [1.29, 1.82) is 0 Å². The minimum atomic E-state index is -0.501. The topological polar surface area (TPSA) is 71.9 Å². The summed E-state index contributed by atoms with van der Waals surface area (Å²) >= 11 is 0. The number of rotatable bonds is 7. The minimum absolute atomic E-state index is 0.140. The molecule has 0 fully saturated rings. The Balaban J connectivity index is 2.59. The maximum Gasteiger partial charge on any atom is 0.321 e. The van der Waals surface area contributed by atoms with Crippen LogP contribution in [-0.4, -0.2) is 38.7 Å². The highest BCUT2D eigenvalue weighted by atomic mass is 19.1. The largest absolute Gasteiger partial charge is 0.494 e. The van der Waals surface area contributed by atoms with E-state index in [4.69, 9.17) is 4.74 Å². The molecule has 1 aromatic carbocycles. The van der Waals surface area contributed by atoms with Gasteiger partial charge in [-0.25, -0.2) is 9.18 Å². The van der Waals surface area contributed by atoms with E-state index >= 15 is 0 Å². The Bertz CT molecular complexity index is 523. The zero-order valence-electron chi connectivity index (χ0n) is 13.2. The molecule has 1 aromatic rings. The lowest BCUT2D eigenvalue weighted by Gasteiger charge is -2.17. The van der Waals surface area contributed by atoms with E-state index in [0.717, 1.165) is 10.5 Å². The fraction of sp³-hybridized carbons (Fsp3) is 0.467. The number of carbonyl (C=O) groups is 2. The standard InChI is InChI=1S/C15H22FN3O3/c1-4-17-15(21)18-14(20)10-19(5-2)9-11-6-7-13(22-3)12(16)8-11/h6-8H,4-5,9-10H2,1-3H3,(H2,17,18,20,21)/p+1. The second-order valence-corrected chi connectivity index (χ2v) is 4.83. The third-order valence-corrected chi connectivity index (χ3v) is 3.17. The van der Waals surface area contributed by atoms with Crippen LogP contribution in [0.2, 0.25) is 0 Å². The maximum absolute atomic E-state index is 13.7. The predicted octanol–water partition coefficient (Wildman–Crippen LogP) is 0.0848. The van der Waals surface area contributed by atoms with Crippen LogP contribution in [0.3, 0.4) is 0 Å². The lowest BCUT2D eigenvalue weighted by molar-refractivity contribution is -0.904. The Morgan fingerprint density at radius 1 is 1.32 bits per heavy atom. The van der Waals surface area contributed by atoms with Crippen molar-refractivity contribution in [2.24, 2.45) is 0 Å². The Labute approximate surface area is 129 Å². The molecule has 7 heteroatoms. The SMILES string of the molecule is CCNC(=O)NC(=O)C[NH+](CC)Cc1ccc(OC)c(F)c1. The molecule has 0 heterocycles. The first-order valence-corrected chi connectivity index (χ1v) is 7.23. The van der Waals surface area contributed by atoms with Gasteiger partial charge in [-0.3, -0.25) is 10.1 Å². The first kappa shape index (κ1) is 17.9. The van der Waals surface area contributed by atoms with Gasteiger partial charge in [-0.05, 0) is 32.0 Å². The second-order valence-electron chi connectivity index (χ2n) is 4.83. The van der Waals surface area contributed by atoms with Gasteiger partial charge in [0.25, 0.3) is 5.91 Å². The molecule has 0 aliphatic heterocycles. The average molecular weight is 312 g/mol. The van der Waals surface area contributed by atoms with Crippen molar-refractivity contribution in [1.82, 2.24) is 10.6 Å². The zero-order valence-corrected chi connectivity index (χ0v) is 13.2. The van der Waals surface area contributed by atoms with E-state index in [1.54, 1.807) is 19.1 Å². The zero-order chi connectivity index (χ0) is 16.5. The molecule has 0 saturated heterocycles. The van der Waals surface area contributed by atoms with Crippen molar-refractivity contribution >= 4 is 11.9 Å². The second kappa shape index (κ2) is 8.99. The molecule has 122 valence electrons. The minimum Gasteiger partial charge on any atom is -0.494 e. The number of hydrogen-bond acceptors (Lipinski definition) is 3. The van der Waals surface area contributed by atoms with Gasteiger partial charge >= 0.3 is 6.03 Å². The van der Waals surface area contributed by atoms with Crippen LogP contribution in [0, 0.1) is 5.82 Å². The maximum atomic E-state index is 13.7. The summed E-state index contributed by atoms with van der Waals surface area (Å²) in [5, 5.41) is 4.75. The van der Waals surface area contributed by atoms with Gasteiger partial charge in [0, 0.05) is 12.1 Å². The number of likely N-dealkylation sites (N-methyl/N-ethyl adjacent to an activating group) is 1. The number of halogens is 1. The van der Waals surface area contributed by atoms with Gasteiger partial charge < -0.3 is 15.0 Å². The number of ether oxygens (including phenoxy) is 1. The van der Waals surface area contributed by atoms with Gasteiger partial charge in [0.15, 0.2) is 18.1 Å². The molecule has 0 aliphatic rings. The van der Waals surface area contributed by atoms with Crippen LogP contribution < -0.4 is 20.3 Å². The van der Waals surface area contributed by atoms with E-state index in [1.165, 1.54) is 13.2 Å². The molecule has 1 atom stereocenters. The quantitative estimate of drug-likeness (QED) is 0.668. The van der Waals surface area contributed by atoms with Crippen molar-refractivity contribution in [2.45, 2.75) is 20.4 Å². The van der Waals surface area contributed by atoms with Crippen molar-refractivity contribution < 1.29 is 23.6 Å². The molecule has 0 spiro atoms. The molecule has 1 unspecified atom stereocenters. The van der Waals surface area contributed by atoms with Crippen molar-refractivity contribution in [3.05, 3.63) is 29.6 Å². The highest BCUT2D eigenvalue weighted by Crippen LogP contribution is 2.16. The smallest absolute Gasteiger partial charge is 0.321 e. The molecular weight excluding hydrogens is 289 g/mol. The Kier molecular flexibility index (Phi) is 7.31. The van der Waals surface area contributed by atoms with Gasteiger partial charge in [0.2, 0.25) is 0 Å². The van der Waals surface area contributed by atoms with Crippen LogP contribution in [0.4, 0.5) is 9.18 Å². The predicted molar refractivity (Wildman–Crippen MR) is 80.2 cm³/mol. The number of nitrogens with one attached hydrogen (secondary N) is 3. The summed E-state index contributed by atoms with van der Waals surface area (Å²) in [5.74, 6) is -0.602. The number of urea groups is 1. The van der Waals surface area contributed by atoms with Crippen LogP contribution in [0.1, 0.15) is 19.4 Å². The third kappa shape index (κ3) is 5.69. The highest BCUT2D eigenvalue weighted by molar-refractivity contribution is 5.94. The molecular formula is C15H23FN3O3+. The van der Waals surface area contributed by atoms with Gasteiger partial charge in [-0.1, -0.05) is 0 Å². The number of carbonyl (C=O) groups excluding carboxylic acids is 2. The lowest BCUT2D eigenvalue weighted by Crippen LogP contribution is -3.11. The molecule has 3 N–H and O–H groups in total. The van der Waals surface area contributed by atoms with Crippen LogP contribution in [-0.2, 0) is 11.3 Å². The lowest BCUT2D eigenvalue weighted by atomic mass is 10.2. The Morgan fingerprint density at radius 3 is 2.59 bits per heavy atom. The number of imide groups is 1. The fourth-order valence-corrected chi connectivity index (χ4v) is 2.02. The molecule has 0 saturated carbocycles. The number of quaternary nitrogens is 1. The van der Waals surface area contributed by atoms with E-state index in [9.17, 15) is 14.0 Å². The molecule has 6 nitrogen and oxygen atoms in total. The summed E-state index contributed by atoms with van der Waals surface area (Å²) in [6, 6.07) is 4.22. The molecule has 0 bridgehead atoms. The van der Waals surface area contributed by atoms with Crippen molar-refractivity contribution in [3.8, 4) is 5.75 Å². The third-order valence-electron chi connectivity index (χ3n) is 3.17. The average Bonchev–Trinajstić information content (AvgIpc) is 2.46. The number of benzene rings is 1. The van der Waals surface area contributed by atoms with Gasteiger partial charge in [-0.15, -0.1) is 0 Å². The van der Waals surface area contributed by atoms with E-state index in [-0.39, 0.29) is 18.2 Å². The molecule has 0 radical (unpaired) electrons. The van der Waals surface area contributed by atoms with E-state index in [0.29, 0.717) is 19.6 Å². The summed E-state index contributed by atoms with van der Waals surface area (Å²) in [5.41, 5.74) is 0.765. The van der Waals surface area contributed by atoms with Crippen molar-refractivity contribution in [2.75, 3.05) is 26.7 Å². The normalized spacial score (nSPS) is 11.6. The van der Waals surface area contributed by atoms with E-state index < -0.39 is 11.8 Å². The van der Waals surface area contributed by atoms with Crippen molar-refractivity contribution in [3.63, 3.8) is 0 Å². The molecule has 1 rings (SSSR count). The highest BCUT2D eigenvalue weighted by Gasteiger charge is 2.16. The summed E-state index contributed by atoms with van der Waals surface area (Å²) in [4.78, 5) is 24.0. The van der Waals surface area contributed by atoms with Gasteiger partial charge in [0.05, 0.1) is 13.7 Å². The first-order chi connectivity index (χ1) is 10.5. The van der Waals surface area contributed by atoms with E-state index in [2.05, 4.69) is 10.6 Å². The fourth-order valence-electron chi connectivity index (χ4n) is 2.02. The molecule has 0 aliphatic carbocycles. The Hall–Kier alpha value is -2.15. The monoisotopic (exact) mass is 312 g/mol. The first-order valence-electron chi connectivity index (χ1n) is 7.23. The summed E-state index contributed by atoms with van der Waals surface area (Å²) in [6.45, 7) is 5.45. The molecule has 3 amide bonds. The Morgan fingerprint density at radius 2 is 2.05 bits per heavy atom. The van der Waals surface area contributed by atoms with E-state index in [1.807, 2.05) is 6.92 Å². The summed E-state index contributed by atoms with van der Waals surface area (Å²) < 4.78 is 18.5. The van der Waals surface area contributed by atoms with Crippen LogP contribution in [0.25, 0.3) is 0 Å². The summed E-state index contributed by atoms with van der Waals surface area (Å²) in [7, 11) is 1.41. The van der Waals surface area contributed by atoms with Crippen LogP contribution in [0.5, 0.6) is 5.75 Å². The number of amides is 3. The molecule has 0 aromatic heterocycles. The number of methoxy groups -OCH3 is 1. The van der Waals surface area contributed by atoms with Gasteiger partial charge in [-0.2, -0.15) is 0 Å².